The molecular formula is C15H7ClF3NO3. The molecule has 1 aliphatic rings. The van der Waals surface area contributed by atoms with Crippen LogP contribution >= 0.6 is 11.6 Å². The molecule has 2 aromatic rings. The molecule has 0 fully saturated rings. The van der Waals surface area contributed by atoms with Crippen LogP contribution in [-0.4, -0.2) is 22.6 Å². The smallest absolute Gasteiger partial charge is 0.573 e. The van der Waals surface area contributed by atoms with Gasteiger partial charge in [0.15, 0.2) is 0 Å². The van der Waals surface area contributed by atoms with Gasteiger partial charge in [-0.15, -0.1) is 13.2 Å². The molecule has 23 heavy (non-hydrogen) atoms. The number of halogens is 4. The minimum absolute atomic E-state index is 0.0322. The molecule has 4 nitrogen and oxygen atoms in total. The molecule has 1 aliphatic heterocycles. The summed E-state index contributed by atoms with van der Waals surface area (Å²) in [5, 5.41) is 12.4. The lowest BCUT2D eigenvalue weighted by molar-refractivity contribution is -0.355. The summed E-state index contributed by atoms with van der Waals surface area (Å²) in [4.78, 5) is 12.3. The number of alkyl halides is 3. The van der Waals surface area contributed by atoms with Gasteiger partial charge in [0.2, 0.25) is 5.69 Å². The van der Waals surface area contributed by atoms with Gasteiger partial charge in [-0.1, -0.05) is 17.7 Å². The van der Waals surface area contributed by atoms with Crippen LogP contribution in [0.3, 0.4) is 0 Å². The average molecular weight is 342 g/mol. The molecule has 0 aliphatic carbocycles. The normalized spacial score (nSPS) is 14.2. The second-order valence-corrected chi connectivity index (χ2v) is 5.09. The number of ketones is 1. The molecule has 0 saturated heterocycles. The monoisotopic (exact) mass is 341 g/mol. The number of hydrogen-bond donors (Lipinski definition) is 0. The topological polar surface area (TPSA) is 52.4 Å². The SMILES string of the molecule is O=C1C(c2ccc(OC(F)(F)F)cc2)=[N+]([O-])c2c(Cl)cccc21. The third-order valence-electron chi connectivity index (χ3n) is 3.21. The fourth-order valence-electron chi connectivity index (χ4n) is 2.30. The molecule has 0 atom stereocenters. The highest BCUT2D eigenvalue weighted by Gasteiger charge is 2.38. The second-order valence-electron chi connectivity index (χ2n) is 4.68. The fourth-order valence-corrected chi connectivity index (χ4v) is 2.55. The van der Waals surface area contributed by atoms with Crippen molar-refractivity contribution in [3.05, 3.63) is 63.8 Å². The molecule has 0 spiro atoms. The van der Waals surface area contributed by atoms with Crippen LogP contribution in [0.25, 0.3) is 0 Å². The van der Waals surface area contributed by atoms with Crippen LogP contribution in [0.1, 0.15) is 15.9 Å². The first-order chi connectivity index (χ1) is 10.8. The Morgan fingerprint density at radius 2 is 1.74 bits per heavy atom. The molecule has 2 aromatic carbocycles. The van der Waals surface area contributed by atoms with Crippen molar-refractivity contribution in [2.24, 2.45) is 0 Å². The predicted octanol–water partition coefficient (Wildman–Crippen LogP) is 4.07. The first kappa shape index (κ1) is 15.4. The summed E-state index contributed by atoms with van der Waals surface area (Å²) in [6.45, 7) is 0. The number of rotatable bonds is 2. The lowest BCUT2D eigenvalue weighted by Crippen LogP contribution is -2.18. The van der Waals surface area contributed by atoms with E-state index in [2.05, 4.69) is 4.74 Å². The van der Waals surface area contributed by atoms with Crippen molar-refractivity contribution >= 4 is 28.8 Å². The summed E-state index contributed by atoms with van der Waals surface area (Å²) in [5.74, 6) is -0.984. The average Bonchev–Trinajstić information content (AvgIpc) is 2.72. The van der Waals surface area contributed by atoms with E-state index in [1.807, 2.05) is 0 Å². The van der Waals surface area contributed by atoms with Crippen LogP contribution in [0.15, 0.2) is 42.5 Å². The summed E-state index contributed by atoms with van der Waals surface area (Å²) in [5.41, 5.74) is 0.154. The van der Waals surface area contributed by atoms with Crippen molar-refractivity contribution in [2.75, 3.05) is 0 Å². The van der Waals surface area contributed by atoms with E-state index in [1.165, 1.54) is 30.3 Å². The van der Waals surface area contributed by atoms with Crippen molar-refractivity contribution in [1.29, 1.82) is 0 Å². The second kappa shape index (κ2) is 5.27. The van der Waals surface area contributed by atoms with Crippen LogP contribution in [0.4, 0.5) is 18.9 Å². The fraction of sp³-hybridized carbons (Fsp3) is 0.0667. The minimum Gasteiger partial charge on any atom is -0.618 e. The molecule has 3 rings (SSSR count). The third-order valence-corrected chi connectivity index (χ3v) is 3.52. The standard InChI is InChI=1S/C15H7ClF3NO3/c16-11-3-1-2-10-13(11)20(22)12(14(10)21)8-4-6-9(7-5-8)23-15(17,18)19/h1-7H. The van der Waals surface area contributed by atoms with Gasteiger partial charge in [-0.25, -0.2) is 0 Å². The van der Waals surface area contributed by atoms with E-state index < -0.39 is 17.9 Å². The van der Waals surface area contributed by atoms with Gasteiger partial charge in [-0.05, 0) is 36.4 Å². The zero-order chi connectivity index (χ0) is 16.8. The molecule has 0 N–H and O–H groups in total. The van der Waals surface area contributed by atoms with Gasteiger partial charge in [0.25, 0.3) is 11.5 Å². The molecule has 0 bridgehead atoms. The maximum Gasteiger partial charge on any atom is 0.573 e. The van der Waals surface area contributed by atoms with Crippen molar-refractivity contribution < 1.29 is 27.4 Å². The first-order valence-electron chi connectivity index (χ1n) is 6.31. The Bertz CT molecular complexity index is 829. The number of para-hydroxylation sites is 1. The van der Waals surface area contributed by atoms with Gasteiger partial charge in [0, 0.05) is 0 Å². The van der Waals surface area contributed by atoms with E-state index in [4.69, 9.17) is 11.6 Å². The Morgan fingerprint density at radius 3 is 2.30 bits per heavy atom. The van der Waals surface area contributed by atoms with Crippen LogP contribution < -0.4 is 4.74 Å². The Labute approximate surface area is 133 Å². The minimum atomic E-state index is -4.81. The molecule has 0 radical (unpaired) electrons. The van der Waals surface area contributed by atoms with Gasteiger partial charge in [0.05, 0.1) is 5.56 Å². The first-order valence-corrected chi connectivity index (χ1v) is 6.69. The summed E-state index contributed by atoms with van der Waals surface area (Å²) in [7, 11) is 0. The zero-order valence-corrected chi connectivity index (χ0v) is 12.0. The molecular weight excluding hydrogens is 335 g/mol. The number of hydrogen-bond acceptors (Lipinski definition) is 3. The van der Waals surface area contributed by atoms with Crippen molar-refractivity contribution in [3.63, 3.8) is 0 Å². The Morgan fingerprint density at radius 1 is 1.09 bits per heavy atom. The van der Waals surface area contributed by atoms with E-state index in [9.17, 15) is 23.2 Å². The molecule has 0 saturated carbocycles. The van der Waals surface area contributed by atoms with Gasteiger partial charge in [-0.2, -0.15) is 4.74 Å². The molecule has 0 aromatic heterocycles. The lowest BCUT2D eigenvalue weighted by atomic mass is 10.0. The number of Topliss-reactive ketones (excluding diaryl/α,β-unsaturated/α-hetero) is 1. The summed E-state index contributed by atoms with van der Waals surface area (Å²) < 4.78 is 40.5. The molecule has 0 amide bonds. The van der Waals surface area contributed by atoms with Gasteiger partial charge < -0.3 is 9.94 Å². The highest BCUT2D eigenvalue weighted by atomic mass is 35.5. The van der Waals surface area contributed by atoms with Gasteiger partial charge in [-0.3, -0.25) is 4.79 Å². The molecule has 8 heteroatoms. The Kier molecular flexibility index (Phi) is 3.52. The summed E-state index contributed by atoms with van der Waals surface area (Å²) >= 11 is 5.93. The van der Waals surface area contributed by atoms with Crippen LogP contribution in [0.2, 0.25) is 5.02 Å². The van der Waals surface area contributed by atoms with Crippen LogP contribution in [-0.2, 0) is 0 Å². The number of carbonyl (C=O) groups excluding carboxylic acids is 1. The highest BCUT2D eigenvalue weighted by Crippen LogP contribution is 2.35. The Balaban J connectivity index is 2.00. The number of benzene rings is 2. The molecule has 1 heterocycles. The van der Waals surface area contributed by atoms with E-state index in [0.717, 1.165) is 12.1 Å². The largest absolute Gasteiger partial charge is 0.618 e. The van der Waals surface area contributed by atoms with E-state index >= 15 is 0 Å². The number of ether oxygens (including phenoxy) is 1. The van der Waals surface area contributed by atoms with Crippen molar-refractivity contribution in [1.82, 2.24) is 0 Å². The van der Waals surface area contributed by atoms with E-state index in [1.54, 1.807) is 0 Å². The van der Waals surface area contributed by atoms with E-state index in [-0.39, 0.29) is 27.5 Å². The number of nitrogens with zero attached hydrogens (tertiary/aromatic N) is 1. The quantitative estimate of drug-likeness (QED) is 0.611. The number of fused-ring (bicyclic) bond motifs is 1. The molecule has 118 valence electrons. The van der Waals surface area contributed by atoms with Crippen molar-refractivity contribution in [2.45, 2.75) is 6.36 Å². The van der Waals surface area contributed by atoms with E-state index in [0.29, 0.717) is 4.74 Å². The predicted molar refractivity (Wildman–Crippen MR) is 76.3 cm³/mol. The van der Waals surface area contributed by atoms with Crippen LogP contribution in [0, 0.1) is 5.21 Å². The van der Waals surface area contributed by atoms with Crippen LogP contribution in [0.5, 0.6) is 5.75 Å². The third kappa shape index (κ3) is 2.75. The summed E-state index contributed by atoms with van der Waals surface area (Å²) in [6, 6.07) is 8.95. The Hall–Kier alpha value is -2.54. The molecule has 0 unspecified atom stereocenters. The van der Waals surface area contributed by atoms with Crippen molar-refractivity contribution in [3.8, 4) is 5.75 Å². The highest BCUT2D eigenvalue weighted by molar-refractivity contribution is 6.53. The maximum absolute atomic E-state index is 12.3. The van der Waals surface area contributed by atoms with Gasteiger partial charge in [0.1, 0.15) is 16.3 Å². The van der Waals surface area contributed by atoms with Gasteiger partial charge >= 0.3 is 6.36 Å². The lowest BCUT2D eigenvalue weighted by Gasteiger charge is -2.09. The maximum atomic E-state index is 12.3. The number of carbonyl (C=O) groups is 1. The zero-order valence-electron chi connectivity index (χ0n) is 11.2. The summed E-state index contributed by atoms with van der Waals surface area (Å²) in [6.07, 6.45) is -4.81.